The van der Waals surface area contributed by atoms with Gasteiger partial charge in [0.1, 0.15) is 12.6 Å². The van der Waals surface area contributed by atoms with Crippen LogP contribution < -0.4 is 9.62 Å². The Labute approximate surface area is 244 Å². The molecule has 3 aromatic carbocycles. The molecule has 0 aliphatic rings. The third kappa shape index (κ3) is 8.11. The number of amides is 2. The highest BCUT2D eigenvalue weighted by Gasteiger charge is 2.34. The van der Waals surface area contributed by atoms with Gasteiger partial charge in [-0.15, -0.1) is 0 Å². The number of halogens is 3. The topological polar surface area (TPSA) is 86.8 Å². The van der Waals surface area contributed by atoms with Crippen molar-refractivity contribution in [1.29, 1.82) is 0 Å². The van der Waals surface area contributed by atoms with Crippen molar-refractivity contribution >= 4 is 62.3 Å². The molecule has 0 saturated heterocycles. The summed E-state index contributed by atoms with van der Waals surface area (Å²) in [6.45, 7) is 6.53. The maximum atomic E-state index is 13.9. The Morgan fingerprint density at radius 1 is 0.897 bits per heavy atom. The van der Waals surface area contributed by atoms with E-state index < -0.39 is 34.1 Å². The van der Waals surface area contributed by atoms with Crippen LogP contribution in [0.5, 0.6) is 0 Å². The molecule has 0 fully saturated rings. The molecule has 208 valence electrons. The minimum Gasteiger partial charge on any atom is -0.350 e. The molecule has 1 atom stereocenters. The number of carbonyl (C=O) groups excluding carboxylic acids is 2. The number of anilines is 1. The van der Waals surface area contributed by atoms with Crippen LogP contribution in [0.1, 0.15) is 33.3 Å². The minimum absolute atomic E-state index is 0.0217. The van der Waals surface area contributed by atoms with E-state index in [0.29, 0.717) is 15.6 Å². The van der Waals surface area contributed by atoms with E-state index >= 15 is 0 Å². The first-order chi connectivity index (χ1) is 18.2. The quantitative estimate of drug-likeness (QED) is 0.314. The third-order valence-electron chi connectivity index (χ3n) is 5.72. The number of carbonyl (C=O) groups is 2. The first-order valence-corrected chi connectivity index (χ1v) is 14.7. The van der Waals surface area contributed by atoms with Gasteiger partial charge >= 0.3 is 0 Å². The Hall–Kier alpha value is -2.78. The summed E-state index contributed by atoms with van der Waals surface area (Å²) in [5.74, 6) is -0.987. The molecule has 0 bridgehead atoms. The minimum atomic E-state index is -4.23. The number of nitrogens with one attached hydrogen (secondary N) is 1. The van der Waals surface area contributed by atoms with Gasteiger partial charge in [-0.25, -0.2) is 8.42 Å². The maximum Gasteiger partial charge on any atom is 0.264 e. The van der Waals surface area contributed by atoms with Gasteiger partial charge in [-0.05, 0) is 75.7 Å². The van der Waals surface area contributed by atoms with Gasteiger partial charge in [-0.1, -0.05) is 65.1 Å². The molecule has 0 aliphatic carbocycles. The Morgan fingerprint density at radius 2 is 1.49 bits per heavy atom. The van der Waals surface area contributed by atoms with Crippen LogP contribution >= 0.6 is 34.8 Å². The molecular weight excluding hydrogens is 581 g/mol. The fourth-order valence-electron chi connectivity index (χ4n) is 3.76. The predicted octanol–water partition coefficient (Wildman–Crippen LogP) is 6.17. The Bertz CT molecular complexity index is 1430. The van der Waals surface area contributed by atoms with Crippen LogP contribution in [-0.4, -0.2) is 43.3 Å². The first-order valence-electron chi connectivity index (χ1n) is 12.1. The summed E-state index contributed by atoms with van der Waals surface area (Å²) in [7, 11) is -4.23. The van der Waals surface area contributed by atoms with Crippen LogP contribution in [0, 0.1) is 0 Å². The molecular formula is C28H30Cl3N3O4S. The number of nitrogens with zero attached hydrogens (tertiary/aromatic N) is 2. The van der Waals surface area contributed by atoms with Gasteiger partial charge in [0, 0.05) is 22.1 Å². The van der Waals surface area contributed by atoms with E-state index in [9.17, 15) is 18.0 Å². The smallest absolute Gasteiger partial charge is 0.264 e. The summed E-state index contributed by atoms with van der Waals surface area (Å²) in [6.07, 6.45) is 0. The lowest BCUT2D eigenvalue weighted by molar-refractivity contribution is -0.140. The van der Waals surface area contributed by atoms with Crippen LogP contribution in [0.2, 0.25) is 15.1 Å². The van der Waals surface area contributed by atoms with Crippen LogP contribution in [0.25, 0.3) is 0 Å². The van der Waals surface area contributed by atoms with Crippen LogP contribution in [0.4, 0.5) is 5.69 Å². The van der Waals surface area contributed by atoms with E-state index in [-0.39, 0.29) is 28.1 Å². The second-order valence-electron chi connectivity index (χ2n) is 9.98. The molecule has 0 saturated carbocycles. The van der Waals surface area contributed by atoms with Crippen molar-refractivity contribution in [3.63, 3.8) is 0 Å². The average Bonchev–Trinajstić information content (AvgIpc) is 2.86. The Balaban J connectivity index is 2.05. The van der Waals surface area contributed by atoms with Crippen LogP contribution in [0.15, 0.2) is 77.7 Å². The van der Waals surface area contributed by atoms with Crippen molar-refractivity contribution < 1.29 is 18.0 Å². The van der Waals surface area contributed by atoms with E-state index in [0.717, 1.165) is 4.31 Å². The predicted molar refractivity (Wildman–Crippen MR) is 157 cm³/mol. The van der Waals surface area contributed by atoms with Crippen molar-refractivity contribution in [2.24, 2.45) is 0 Å². The molecule has 0 radical (unpaired) electrons. The van der Waals surface area contributed by atoms with Gasteiger partial charge in [0.25, 0.3) is 10.0 Å². The van der Waals surface area contributed by atoms with Gasteiger partial charge in [0.05, 0.1) is 15.6 Å². The molecule has 3 aromatic rings. The van der Waals surface area contributed by atoms with Gasteiger partial charge in [0.15, 0.2) is 0 Å². The largest absolute Gasteiger partial charge is 0.350 e. The Kier molecular flexibility index (Phi) is 9.93. The number of hydrogen-bond acceptors (Lipinski definition) is 4. The highest BCUT2D eigenvalue weighted by Crippen LogP contribution is 2.33. The molecule has 3 rings (SSSR count). The van der Waals surface area contributed by atoms with Gasteiger partial charge in [0.2, 0.25) is 11.8 Å². The summed E-state index contributed by atoms with van der Waals surface area (Å²) < 4.78 is 28.5. The molecule has 39 heavy (non-hydrogen) atoms. The van der Waals surface area contributed by atoms with Gasteiger partial charge in [-0.3, -0.25) is 13.9 Å². The molecule has 0 heterocycles. The SMILES string of the molecule is C[C@@H](C(=O)NC(C)(C)C)N(Cc1ccc(Cl)cc1)C(=O)CN(c1ccc(Cl)cc1Cl)S(=O)(=O)c1ccccc1. The standard InChI is InChI=1S/C28H30Cl3N3O4S/c1-19(27(36)32-28(2,3)4)33(17-20-10-12-21(29)13-11-20)26(35)18-34(25-15-14-22(30)16-24(25)31)39(37,38)23-8-6-5-7-9-23/h5-16,19H,17-18H2,1-4H3,(H,32,36)/t19-/m0/s1. The lowest BCUT2D eigenvalue weighted by atomic mass is 10.1. The second-order valence-corrected chi connectivity index (χ2v) is 13.1. The zero-order valence-corrected chi connectivity index (χ0v) is 25.1. The second kappa shape index (κ2) is 12.6. The van der Waals surface area contributed by atoms with E-state index in [4.69, 9.17) is 34.8 Å². The zero-order chi connectivity index (χ0) is 29.0. The maximum absolute atomic E-state index is 13.9. The number of hydrogen-bond donors (Lipinski definition) is 1. The monoisotopic (exact) mass is 609 g/mol. The highest BCUT2D eigenvalue weighted by molar-refractivity contribution is 7.92. The van der Waals surface area contributed by atoms with E-state index in [2.05, 4.69) is 5.32 Å². The summed E-state index contributed by atoms with van der Waals surface area (Å²) in [6, 6.07) is 18.0. The third-order valence-corrected chi connectivity index (χ3v) is 8.28. The molecule has 1 N–H and O–H groups in total. The lowest BCUT2D eigenvalue weighted by Gasteiger charge is -2.33. The summed E-state index contributed by atoms with van der Waals surface area (Å²) in [5.41, 5.74) is 0.251. The van der Waals surface area contributed by atoms with E-state index in [1.807, 2.05) is 20.8 Å². The number of rotatable bonds is 9. The number of benzene rings is 3. The van der Waals surface area contributed by atoms with Gasteiger partial charge in [-0.2, -0.15) is 0 Å². The first kappa shape index (κ1) is 30.8. The highest BCUT2D eigenvalue weighted by atomic mass is 35.5. The number of sulfonamides is 1. The lowest BCUT2D eigenvalue weighted by Crippen LogP contribution is -2.54. The van der Waals surface area contributed by atoms with Crippen molar-refractivity contribution in [3.05, 3.63) is 93.4 Å². The zero-order valence-electron chi connectivity index (χ0n) is 22.0. The summed E-state index contributed by atoms with van der Waals surface area (Å²) in [5, 5.41) is 3.77. The molecule has 0 unspecified atom stereocenters. The summed E-state index contributed by atoms with van der Waals surface area (Å²) >= 11 is 18.5. The van der Waals surface area contributed by atoms with Gasteiger partial charge < -0.3 is 10.2 Å². The fourth-order valence-corrected chi connectivity index (χ4v) is 5.90. The average molecular weight is 611 g/mol. The molecule has 0 spiro atoms. The normalized spacial score (nSPS) is 12.5. The van der Waals surface area contributed by atoms with Crippen molar-refractivity contribution in [3.8, 4) is 0 Å². The van der Waals surface area contributed by atoms with E-state index in [1.165, 1.54) is 35.2 Å². The molecule has 7 nitrogen and oxygen atoms in total. The van der Waals surface area contributed by atoms with E-state index in [1.54, 1.807) is 49.4 Å². The molecule has 0 aliphatic heterocycles. The van der Waals surface area contributed by atoms with Crippen molar-refractivity contribution in [1.82, 2.24) is 10.2 Å². The van der Waals surface area contributed by atoms with Crippen molar-refractivity contribution in [2.75, 3.05) is 10.8 Å². The Morgan fingerprint density at radius 3 is 2.05 bits per heavy atom. The van der Waals surface area contributed by atoms with Crippen LogP contribution in [-0.2, 0) is 26.2 Å². The fraction of sp³-hybridized carbons (Fsp3) is 0.286. The molecule has 0 aromatic heterocycles. The molecule has 11 heteroatoms. The van der Waals surface area contributed by atoms with Crippen molar-refractivity contribution in [2.45, 2.75) is 50.7 Å². The summed E-state index contributed by atoms with van der Waals surface area (Å²) in [4.78, 5) is 28.3. The van der Waals surface area contributed by atoms with Crippen LogP contribution in [0.3, 0.4) is 0 Å². The molecule has 2 amide bonds.